The van der Waals surface area contributed by atoms with Gasteiger partial charge in [-0.3, -0.25) is 12.9 Å². The first-order chi connectivity index (χ1) is 5.50. The van der Waals surface area contributed by atoms with Gasteiger partial charge in [-0.05, 0) is 0 Å². The van der Waals surface area contributed by atoms with Crippen LogP contribution in [0, 0.1) is 0 Å². The number of halogens is 5. The van der Waals surface area contributed by atoms with Crippen molar-refractivity contribution >= 4 is 7.54 Å². The van der Waals surface area contributed by atoms with Crippen LogP contribution in [0.4, 0.5) is 21.7 Å². The topological polar surface area (TPSA) is 9.23 Å². The molecule has 0 unspecified atom stereocenters. The number of methoxy groups -OCH3 is 1. The minimum absolute atomic E-state index is 0.375. The van der Waals surface area contributed by atoms with E-state index in [1.165, 1.54) is 7.11 Å². The second kappa shape index (κ2) is 16.5. The Bertz CT molecular complexity index is 101. The molecule has 0 saturated heterocycles. The molecule has 0 bridgehead atoms. The maximum absolute atomic E-state index is 10.8. The van der Waals surface area contributed by atoms with Crippen molar-refractivity contribution in [3.8, 4) is 0 Å². The Morgan fingerprint density at radius 1 is 1.25 bits per heavy atom. The van der Waals surface area contributed by atoms with Gasteiger partial charge in [-0.25, -0.2) is 0 Å². The molecule has 0 aliphatic heterocycles. The summed E-state index contributed by atoms with van der Waals surface area (Å²) in [6, 6.07) is 0. The normalized spacial score (nSPS) is 6.17. The van der Waals surface area contributed by atoms with Crippen LogP contribution in [-0.4, -0.2) is 14.7 Å². The smallest absolute Gasteiger partial charge is 0.499 e. The Morgan fingerprint density at radius 2 is 1.50 bits per heavy atom. The van der Waals surface area contributed by atoms with E-state index in [4.69, 9.17) is 0 Å². The van der Waals surface area contributed by atoms with E-state index in [9.17, 15) is 21.7 Å². The maximum atomic E-state index is 10.8. The predicted octanol–water partition coefficient (Wildman–Crippen LogP) is 3.05. The van der Waals surface area contributed by atoms with Gasteiger partial charge >= 0.3 is 13.6 Å². The fourth-order valence-electron chi connectivity index (χ4n) is 0.0891. The molecule has 0 rings (SSSR count). The second-order valence-electron chi connectivity index (χ2n) is 0.891. The molecule has 0 saturated carbocycles. The Kier molecular flexibility index (Phi) is 23.7. The van der Waals surface area contributed by atoms with Crippen LogP contribution >= 0.6 is 0 Å². The quantitative estimate of drug-likeness (QED) is 0.267. The molecular formula is C5H8BF5O. The van der Waals surface area contributed by atoms with Crippen LogP contribution in [0.3, 0.4) is 0 Å². The van der Waals surface area contributed by atoms with Crippen LogP contribution < -0.4 is 0 Å². The molecule has 0 aromatic rings. The Labute approximate surface area is 67.7 Å². The molecule has 0 aromatic heterocycles. The van der Waals surface area contributed by atoms with E-state index in [-0.39, 0.29) is 0 Å². The summed E-state index contributed by atoms with van der Waals surface area (Å²) < 4.78 is 54.4. The molecule has 72 valence electrons. The maximum Gasteiger partial charge on any atom is 0.762 e. The third-order valence-electron chi connectivity index (χ3n) is 0.207. The Balaban J connectivity index is -0.000000118. The van der Waals surface area contributed by atoms with Gasteiger partial charge < -0.3 is 4.74 Å². The minimum atomic E-state index is -3.67. The van der Waals surface area contributed by atoms with Gasteiger partial charge in [0.1, 0.15) is 6.26 Å². The van der Waals surface area contributed by atoms with Gasteiger partial charge in [0.25, 0.3) is 0 Å². The molecule has 12 heavy (non-hydrogen) atoms. The zero-order valence-electron chi connectivity index (χ0n) is 6.37. The van der Waals surface area contributed by atoms with Crippen molar-refractivity contribution in [3.05, 3.63) is 25.5 Å². The molecule has 0 radical (unpaired) electrons. The van der Waals surface area contributed by atoms with Crippen LogP contribution in [0.2, 0.25) is 0 Å². The third kappa shape index (κ3) is 144. The van der Waals surface area contributed by atoms with Gasteiger partial charge in [0, 0.05) is 0 Å². The monoisotopic (exact) mass is 190 g/mol. The summed E-state index contributed by atoms with van der Waals surface area (Å²) >= 11 is 0. The van der Waals surface area contributed by atoms with E-state index >= 15 is 0 Å². The highest BCUT2D eigenvalue weighted by Crippen LogP contribution is 1.93. The SMILES string of the molecule is C=C.COC=C(F)F.FB(F)F. The zero-order valence-corrected chi connectivity index (χ0v) is 6.37. The molecule has 0 fully saturated rings. The van der Waals surface area contributed by atoms with E-state index in [1.54, 1.807) is 0 Å². The van der Waals surface area contributed by atoms with E-state index < -0.39 is 13.6 Å². The summed E-state index contributed by atoms with van der Waals surface area (Å²) in [7, 11) is -2.50. The number of ether oxygens (including phenoxy) is 1. The van der Waals surface area contributed by atoms with Gasteiger partial charge in [-0.1, -0.05) is 0 Å². The van der Waals surface area contributed by atoms with Gasteiger partial charge in [0.15, 0.2) is 0 Å². The highest BCUT2D eigenvalue weighted by atomic mass is 19.4. The summed E-state index contributed by atoms with van der Waals surface area (Å²) in [6.07, 6.45) is -1.43. The highest BCUT2D eigenvalue weighted by molar-refractivity contribution is 6.33. The van der Waals surface area contributed by atoms with Crippen molar-refractivity contribution in [2.45, 2.75) is 0 Å². The lowest BCUT2D eigenvalue weighted by atomic mass is 10.5. The molecule has 0 spiro atoms. The summed E-state index contributed by atoms with van der Waals surface area (Å²) in [5.41, 5.74) is 0. The summed E-state index contributed by atoms with van der Waals surface area (Å²) in [4.78, 5) is 0. The van der Waals surface area contributed by atoms with Gasteiger partial charge in [-0.15, -0.1) is 13.2 Å². The van der Waals surface area contributed by atoms with Crippen molar-refractivity contribution in [2.75, 3.05) is 7.11 Å². The molecule has 0 atom stereocenters. The fraction of sp³-hybridized carbons (Fsp3) is 0.200. The fourth-order valence-corrected chi connectivity index (χ4v) is 0.0891. The zero-order chi connectivity index (χ0) is 10.6. The Hall–Kier alpha value is -1.01. The standard InChI is InChI=1S/C3H4F2O.C2H4.BF3/c1-6-2-3(4)5;1-2;2-1(3)4/h2H,1H3;1-2H2;. The predicted molar refractivity (Wildman–Crippen MR) is 37.6 cm³/mol. The lowest BCUT2D eigenvalue weighted by Crippen LogP contribution is -1.76. The molecule has 0 N–H and O–H groups in total. The van der Waals surface area contributed by atoms with Crippen LogP contribution in [-0.2, 0) is 4.74 Å². The molecule has 0 amide bonds. The van der Waals surface area contributed by atoms with Crippen LogP contribution in [0.5, 0.6) is 0 Å². The van der Waals surface area contributed by atoms with Crippen molar-refractivity contribution in [2.24, 2.45) is 0 Å². The molecule has 0 aromatic carbocycles. The van der Waals surface area contributed by atoms with E-state index in [2.05, 4.69) is 17.9 Å². The average Bonchev–Trinajstić information content (AvgIpc) is 1.90. The summed E-state index contributed by atoms with van der Waals surface area (Å²) in [5.74, 6) is 0. The van der Waals surface area contributed by atoms with Gasteiger partial charge in [0.05, 0.1) is 7.11 Å². The summed E-state index contributed by atoms with van der Waals surface area (Å²) in [5, 5.41) is 0. The number of rotatable bonds is 1. The van der Waals surface area contributed by atoms with Crippen LogP contribution in [0.1, 0.15) is 0 Å². The van der Waals surface area contributed by atoms with Gasteiger partial charge in [0.2, 0.25) is 0 Å². The molecule has 0 heterocycles. The lowest BCUT2D eigenvalue weighted by Gasteiger charge is -1.78. The Morgan fingerprint density at radius 3 is 1.50 bits per heavy atom. The molecule has 0 aliphatic rings. The first kappa shape index (κ1) is 17.2. The van der Waals surface area contributed by atoms with Crippen molar-refractivity contribution in [1.82, 2.24) is 0 Å². The summed E-state index contributed by atoms with van der Waals surface area (Å²) in [6.45, 7) is 6.00. The molecule has 7 heteroatoms. The molecule has 1 nitrogen and oxygen atoms in total. The van der Waals surface area contributed by atoms with Crippen molar-refractivity contribution < 1.29 is 26.5 Å². The first-order valence-electron chi connectivity index (χ1n) is 2.47. The largest absolute Gasteiger partial charge is 0.762 e. The third-order valence-corrected chi connectivity index (χ3v) is 0.207. The van der Waals surface area contributed by atoms with E-state index in [1.807, 2.05) is 0 Å². The molecular weight excluding hydrogens is 182 g/mol. The highest BCUT2D eigenvalue weighted by Gasteiger charge is 2.06. The van der Waals surface area contributed by atoms with Crippen LogP contribution in [0.25, 0.3) is 0 Å². The minimum Gasteiger partial charge on any atom is -0.499 e. The average molecular weight is 190 g/mol. The van der Waals surface area contributed by atoms with Crippen LogP contribution in [0.15, 0.2) is 25.5 Å². The second-order valence-corrected chi connectivity index (χ2v) is 0.891. The van der Waals surface area contributed by atoms with E-state index in [0.717, 1.165) is 0 Å². The molecule has 0 aliphatic carbocycles. The van der Waals surface area contributed by atoms with Crippen molar-refractivity contribution in [3.63, 3.8) is 0 Å². The van der Waals surface area contributed by atoms with Crippen molar-refractivity contribution in [1.29, 1.82) is 0 Å². The van der Waals surface area contributed by atoms with Gasteiger partial charge in [-0.2, -0.15) is 8.78 Å². The first-order valence-corrected chi connectivity index (χ1v) is 2.47. The van der Waals surface area contributed by atoms with E-state index in [0.29, 0.717) is 6.26 Å². The number of hydrogen-bond donors (Lipinski definition) is 0. The lowest BCUT2D eigenvalue weighted by molar-refractivity contribution is 0.291. The number of hydrogen-bond acceptors (Lipinski definition) is 1.